The number of nitrogen functional groups attached to an aromatic ring is 1. The highest BCUT2D eigenvalue weighted by Crippen LogP contribution is 2.29. The van der Waals surface area contributed by atoms with Crippen LogP contribution >= 0.6 is 15.9 Å². The minimum absolute atomic E-state index is 0.137. The van der Waals surface area contributed by atoms with Crippen molar-refractivity contribution >= 4 is 44.6 Å². The summed E-state index contributed by atoms with van der Waals surface area (Å²) >= 11 is 3.39. The number of amides is 1. The van der Waals surface area contributed by atoms with E-state index in [4.69, 9.17) is 5.73 Å². The van der Waals surface area contributed by atoms with Gasteiger partial charge in [-0.15, -0.1) is 0 Å². The first-order valence-corrected chi connectivity index (χ1v) is 8.05. The van der Waals surface area contributed by atoms with Crippen LogP contribution in [0.5, 0.6) is 0 Å². The number of nitrogens with two attached hydrogens (primary N) is 1. The molecule has 0 bridgehead atoms. The lowest BCUT2D eigenvalue weighted by atomic mass is 10.2. The summed E-state index contributed by atoms with van der Waals surface area (Å²) < 4.78 is 2.64. The number of anilines is 4. The van der Waals surface area contributed by atoms with Crippen LogP contribution in [-0.4, -0.2) is 15.7 Å². The highest BCUT2D eigenvalue weighted by atomic mass is 79.9. The van der Waals surface area contributed by atoms with E-state index in [-0.39, 0.29) is 5.91 Å². The molecule has 6 nitrogen and oxygen atoms in total. The molecule has 1 aromatic heterocycles. The average molecular weight is 386 g/mol. The minimum atomic E-state index is -0.137. The summed E-state index contributed by atoms with van der Waals surface area (Å²) in [5, 5.41) is 10.3. The van der Waals surface area contributed by atoms with Gasteiger partial charge >= 0.3 is 0 Å². The van der Waals surface area contributed by atoms with E-state index in [2.05, 4.69) is 31.7 Å². The molecular formula is C17H16BrN5O. The number of carbonyl (C=O) groups excluding carboxylic acids is 1. The molecule has 24 heavy (non-hydrogen) atoms. The average Bonchev–Trinajstić information content (AvgIpc) is 3.03. The summed E-state index contributed by atoms with van der Waals surface area (Å²) in [5.41, 5.74) is 9.73. The van der Waals surface area contributed by atoms with Crippen molar-refractivity contribution in [2.24, 2.45) is 0 Å². The second-order valence-corrected chi connectivity index (χ2v) is 6.17. The third-order valence-corrected chi connectivity index (χ3v) is 3.79. The van der Waals surface area contributed by atoms with Gasteiger partial charge in [0.05, 0.1) is 17.1 Å². The van der Waals surface area contributed by atoms with Crippen LogP contribution in [-0.2, 0) is 4.79 Å². The van der Waals surface area contributed by atoms with E-state index >= 15 is 0 Å². The lowest BCUT2D eigenvalue weighted by molar-refractivity contribution is -0.114. The van der Waals surface area contributed by atoms with Crippen LogP contribution < -0.4 is 16.4 Å². The largest absolute Gasteiger partial charge is 0.397 e. The van der Waals surface area contributed by atoms with Gasteiger partial charge < -0.3 is 16.4 Å². The van der Waals surface area contributed by atoms with E-state index < -0.39 is 0 Å². The number of hydrogen-bond acceptors (Lipinski definition) is 4. The molecule has 3 rings (SSSR count). The van der Waals surface area contributed by atoms with E-state index in [1.807, 2.05) is 48.7 Å². The van der Waals surface area contributed by atoms with Crippen molar-refractivity contribution in [2.45, 2.75) is 6.92 Å². The smallest absolute Gasteiger partial charge is 0.221 e. The Balaban J connectivity index is 1.99. The number of benzene rings is 2. The van der Waals surface area contributed by atoms with Crippen molar-refractivity contribution in [3.8, 4) is 5.69 Å². The fourth-order valence-electron chi connectivity index (χ4n) is 2.32. The Kier molecular flexibility index (Phi) is 4.52. The van der Waals surface area contributed by atoms with Gasteiger partial charge in [0.1, 0.15) is 0 Å². The Labute approximate surface area is 147 Å². The van der Waals surface area contributed by atoms with Crippen LogP contribution in [0.25, 0.3) is 5.69 Å². The summed E-state index contributed by atoms with van der Waals surface area (Å²) in [4.78, 5) is 11.4. The highest BCUT2D eigenvalue weighted by Gasteiger charge is 2.07. The second kappa shape index (κ2) is 6.76. The number of nitrogens with one attached hydrogen (secondary N) is 2. The number of nitrogens with zero attached hydrogens (tertiary/aromatic N) is 2. The summed E-state index contributed by atoms with van der Waals surface area (Å²) in [5.74, 6) is -0.137. The summed E-state index contributed by atoms with van der Waals surface area (Å²) in [6.07, 6.45) is 3.54. The van der Waals surface area contributed by atoms with Crippen LogP contribution in [0.4, 0.5) is 22.7 Å². The molecule has 2 aromatic carbocycles. The first-order chi connectivity index (χ1) is 11.5. The molecule has 0 aliphatic carbocycles. The maximum atomic E-state index is 11.4. The first-order valence-electron chi connectivity index (χ1n) is 7.26. The molecule has 1 heterocycles. The minimum Gasteiger partial charge on any atom is -0.397 e. The van der Waals surface area contributed by atoms with E-state index in [0.717, 1.165) is 21.5 Å². The number of aromatic nitrogens is 2. The third kappa shape index (κ3) is 3.75. The molecule has 0 aliphatic rings. The van der Waals surface area contributed by atoms with Crippen molar-refractivity contribution in [3.05, 3.63) is 59.3 Å². The number of rotatable bonds is 4. The molecule has 4 N–H and O–H groups in total. The molecule has 0 atom stereocenters. The quantitative estimate of drug-likeness (QED) is 0.594. The van der Waals surface area contributed by atoms with Crippen LogP contribution in [0.3, 0.4) is 0 Å². The molecule has 0 saturated heterocycles. The maximum absolute atomic E-state index is 11.4. The summed E-state index contributed by atoms with van der Waals surface area (Å²) in [6.45, 7) is 1.47. The molecule has 7 heteroatoms. The van der Waals surface area contributed by atoms with Crippen molar-refractivity contribution in [3.63, 3.8) is 0 Å². The number of hydrogen-bond donors (Lipinski definition) is 3. The summed E-state index contributed by atoms with van der Waals surface area (Å²) in [7, 11) is 0. The molecule has 122 valence electrons. The lowest BCUT2D eigenvalue weighted by Gasteiger charge is -2.14. The third-order valence-electron chi connectivity index (χ3n) is 3.30. The molecule has 0 radical (unpaired) electrons. The van der Waals surface area contributed by atoms with Crippen molar-refractivity contribution in [1.82, 2.24) is 9.78 Å². The van der Waals surface area contributed by atoms with E-state index in [9.17, 15) is 4.79 Å². The highest BCUT2D eigenvalue weighted by molar-refractivity contribution is 9.10. The molecular weight excluding hydrogens is 370 g/mol. The Morgan fingerprint density at radius 2 is 2.00 bits per heavy atom. The van der Waals surface area contributed by atoms with Gasteiger partial charge in [0.15, 0.2) is 0 Å². The zero-order valence-electron chi connectivity index (χ0n) is 13.0. The van der Waals surface area contributed by atoms with E-state index in [0.29, 0.717) is 11.4 Å². The normalized spacial score (nSPS) is 10.4. The van der Waals surface area contributed by atoms with Crippen molar-refractivity contribution in [1.29, 1.82) is 0 Å². The van der Waals surface area contributed by atoms with E-state index in [1.54, 1.807) is 10.9 Å². The first kappa shape index (κ1) is 16.1. The second-order valence-electron chi connectivity index (χ2n) is 5.26. The van der Waals surface area contributed by atoms with E-state index in [1.165, 1.54) is 6.92 Å². The molecule has 0 unspecified atom stereocenters. The van der Waals surface area contributed by atoms with Gasteiger partial charge in [0.25, 0.3) is 0 Å². The molecule has 0 aliphatic heterocycles. The van der Waals surface area contributed by atoms with Crippen molar-refractivity contribution < 1.29 is 4.79 Å². The van der Waals surface area contributed by atoms with Crippen LogP contribution in [0, 0.1) is 0 Å². The molecule has 3 aromatic rings. The topological polar surface area (TPSA) is 85.0 Å². The fourth-order valence-corrected chi connectivity index (χ4v) is 2.69. The van der Waals surface area contributed by atoms with Gasteiger partial charge in [-0.05, 0) is 42.5 Å². The lowest BCUT2D eigenvalue weighted by Crippen LogP contribution is -2.07. The molecule has 1 amide bonds. The van der Waals surface area contributed by atoms with Gasteiger partial charge in [-0.25, -0.2) is 4.68 Å². The molecule has 0 fully saturated rings. The maximum Gasteiger partial charge on any atom is 0.221 e. The monoisotopic (exact) mass is 385 g/mol. The van der Waals surface area contributed by atoms with Crippen LogP contribution in [0.1, 0.15) is 6.92 Å². The summed E-state index contributed by atoms with van der Waals surface area (Å²) in [6, 6.07) is 13.1. The van der Waals surface area contributed by atoms with Gasteiger partial charge in [-0.2, -0.15) is 5.10 Å². The number of halogens is 1. The van der Waals surface area contributed by atoms with Crippen molar-refractivity contribution in [2.75, 3.05) is 16.4 Å². The van der Waals surface area contributed by atoms with Crippen LogP contribution in [0.15, 0.2) is 59.3 Å². The van der Waals surface area contributed by atoms with Gasteiger partial charge in [-0.3, -0.25) is 4.79 Å². The standard InChI is InChI=1S/C17H16BrN5O/c1-11(24)21-13-8-14(10-15(9-13)23-6-2-5-20-23)22-17-4-3-12(18)7-16(17)19/h2-10,22H,19H2,1H3,(H,21,24). The predicted octanol–water partition coefficient (Wildman–Crippen LogP) is 3.92. The Morgan fingerprint density at radius 1 is 1.21 bits per heavy atom. The Morgan fingerprint density at radius 3 is 2.67 bits per heavy atom. The Hall–Kier alpha value is -2.80. The SMILES string of the molecule is CC(=O)Nc1cc(Nc2ccc(Br)cc2N)cc(-n2cccn2)c1. The fraction of sp³-hybridized carbons (Fsp3) is 0.0588. The molecule has 0 saturated carbocycles. The zero-order chi connectivity index (χ0) is 17.1. The van der Waals surface area contributed by atoms with Gasteiger partial charge in [0, 0.05) is 35.2 Å². The van der Waals surface area contributed by atoms with Gasteiger partial charge in [0.2, 0.25) is 5.91 Å². The van der Waals surface area contributed by atoms with Gasteiger partial charge in [-0.1, -0.05) is 15.9 Å². The predicted molar refractivity (Wildman–Crippen MR) is 99.7 cm³/mol. The Bertz CT molecular complexity index is 877. The van der Waals surface area contributed by atoms with Crippen LogP contribution in [0.2, 0.25) is 0 Å². The number of carbonyl (C=O) groups is 1. The zero-order valence-corrected chi connectivity index (χ0v) is 14.5. The molecule has 0 spiro atoms.